The van der Waals surface area contributed by atoms with Crippen LogP contribution >= 0.6 is 0 Å². The van der Waals surface area contributed by atoms with E-state index in [1.807, 2.05) is 0 Å². The molecule has 1 aromatic heterocycles. The molecule has 1 heterocycles. The Kier molecular flexibility index (Phi) is 4.31. The highest BCUT2D eigenvalue weighted by Crippen LogP contribution is 2.37. The molecule has 0 spiro atoms. The maximum Gasteiger partial charge on any atom is 0.573 e. The second-order valence-electron chi connectivity index (χ2n) is 3.11. The Morgan fingerprint density at radius 3 is 2.50 bits per heavy atom. The summed E-state index contributed by atoms with van der Waals surface area (Å²) in [6.07, 6.45) is -4.37. The van der Waals surface area contributed by atoms with Gasteiger partial charge in [0.2, 0.25) is 0 Å². The van der Waals surface area contributed by atoms with Crippen LogP contribution in [0.25, 0.3) is 0 Å². The SMILES string of the molecule is COc1c(CC#N)ncc(CF)c1OC(F)(F)F. The van der Waals surface area contributed by atoms with E-state index in [1.165, 1.54) is 0 Å². The van der Waals surface area contributed by atoms with Crippen molar-refractivity contribution in [2.45, 2.75) is 19.5 Å². The van der Waals surface area contributed by atoms with E-state index in [-0.39, 0.29) is 17.9 Å². The van der Waals surface area contributed by atoms with Crippen molar-refractivity contribution in [3.63, 3.8) is 0 Å². The maximum atomic E-state index is 12.6. The number of nitrogens with zero attached hydrogens (tertiary/aromatic N) is 2. The van der Waals surface area contributed by atoms with Crippen molar-refractivity contribution in [3.8, 4) is 17.6 Å². The topological polar surface area (TPSA) is 55.1 Å². The normalized spacial score (nSPS) is 10.9. The molecule has 0 aliphatic rings. The lowest BCUT2D eigenvalue weighted by atomic mass is 10.2. The van der Waals surface area contributed by atoms with Crippen LogP contribution in [0.4, 0.5) is 17.6 Å². The fourth-order valence-corrected chi connectivity index (χ4v) is 1.28. The quantitative estimate of drug-likeness (QED) is 0.784. The molecule has 0 saturated carbocycles. The summed E-state index contributed by atoms with van der Waals surface area (Å²) in [4.78, 5) is 3.67. The van der Waals surface area contributed by atoms with E-state index in [2.05, 4.69) is 9.72 Å². The Morgan fingerprint density at radius 2 is 2.06 bits per heavy atom. The lowest BCUT2D eigenvalue weighted by Gasteiger charge is -2.16. The molecule has 0 aromatic carbocycles. The summed E-state index contributed by atoms with van der Waals surface area (Å²) in [5.41, 5.74) is -0.442. The van der Waals surface area contributed by atoms with Crippen LogP contribution in [-0.4, -0.2) is 18.5 Å². The van der Waals surface area contributed by atoms with Gasteiger partial charge in [0, 0.05) is 11.8 Å². The molecule has 0 fully saturated rings. The number of methoxy groups -OCH3 is 1. The summed E-state index contributed by atoms with van der Waals surface area (Å²) in [7, 11) is 1.09. The number of halogens is 4. The molecular weight excluding hydrogens is 256 g/mol. The third-order valence-electron chi connectivity index (χ3n) is 1.95. The number of aromatic nitrogens is 1. The van der Waals surface area contributed by atoms with E-state index in [9.17, 15) is 17.6 Å². The summed E-state index contributed by atoms with van der Waals surface area (Å²) in [6, 6.07) is 1.71. The van der Waals surface area contributed by atoms with E-state index in [0.717, 1.165) is 13.3 Å². The Bertz CT molecular complexity index is 468. The van der Waals surface area contributed by atoms with Gasteiger partial charge < -0.3 is 9.47 Å². The average Bonchev–Trinajstić information content (AvgIpc) is 2.28. The van der Waals surface area contributed by atoms with Gasteiger partial charge in [-0.05, 0) is 0 Å². The monoisotopic (exact) mass is 264 g/mol. The molecule has 0 bridgehead atoms. The molecule has 1 rings (SSSR count). The second kappa shape index (κ2) is 5.53. The van der Waals surface area contributed by atoms with E-state index >= 15 is 0 Å². The Balaban J connectivity index is 3.33. The minimum atomic E-state index is -4.98. The van der Waals surface area contributed by atoms with Gasteiger partial charge in [0.15, 0.2) is 11.5 Å². The van der Waals surface area contributed by atoms with Crippen LogP contribution in [0.5, 0.6) is 11.5 Å². The minimum absolute atomic E-state index is 0.0450. The fourth-order valence-electron chi connectivity index (χ4n) is 1.28. The number of nitriles is 1. The van der Waals surface area contributed by atoms with Gasteiger partial charge >= 0.3 is 6.36 Å². The first-order chi connectivity index (χ1) is 8.42. The van der Waals surface area contributed by atoms with Gasteiger partial charge in [-0.1, -0.05) is 0 Å². The lowest BCUT2D eigenvalue weighted by molar-refractivity contribution is -0.275. The van der Waals surface area contributed by atoms with Crippen LogP contribution < -0.4 is 9.47 Å². The molecule has 0 aliphatic carbocycles. The smallest absolute Gasteiger partial charge is 0.491 e. The molecule has 8 heteroatoms. The molecular formula is C10H8F4N2O2. The van der Waals surface area contributed by atoms with Crippen molar-refractivity contribution in [1.82, 2.24) is 4.98 Å². The van der Waals surface area contributed by atoms with Crippen LogP contribution in [0.2, 0.25) is 0 Å². The van der Waals surface area contributed by atoms with Crippen molar-refractivity contribution in [2.24, 2.45) is 0 Å². The highest BCUT2D eigenvalue weighted by atomic mass is 19.4. The van der Waals surface area contributed by atoms with Crippen LogP contribution in [0.1, 0.15) is 11.3 Å². The molecule has 1 aromatic rings. The highest BCUT2D eigenvalue weighted by molar-refractivity contribution is 5.49. The highest BCUT2D eigenvalue weighted by Gasteiger charge is 2.34. The van der Waals surface area contributed by atoms with E-state index in [1.54, 1.807) is 6.07 Å². The zero-order chi connectivity index (χ0) is 13.8. The van der Waals surface area contributed by atoms with Gasteiger partial charge in [0.25, 0.3) is 0 Å². The zero-order valence-electron chi connectivity index (χ0n) is 9.21. The summed E-state index contributed by atoms with van der Waals surface area (Å²) < 4.78 is 57.6. The minimum Gasteiger partial charge on any atom is -0.491 e. The van der Waals surface area contributed by atoms with Gasteiger partial charge in [0.05, 0.1) is 19.6 Å². The van der Waals surface area contributed by atoms with Crippen LogP contribution in [0.15, 0.2) is 6.20 Å². The number of alkyl halides is 4. The van der Waals surface area contributed by atoms with Gasteiger partial charge in [-0.25, -0.2) is 4.39 Å². The average molecular weight is 264 g/mol. The standard InChI is InChI=1S/C10H8F4N2O2/c1-17-9-7(2-3-15)16-5-6(4-11)8(9)18-10(12,13)14/h5H,2,4H2,1H3. The zero-order valence-corrected chi connectivity index (χ0v) is 9.21. The van der Waals surface area contributed by atoms with Crippen molar-refractivity contribution >= 4 is 0 Å². The first-order valence-electron chi connectivity index (χ1n) is 4.66. The number of hydrogen-bond donors (Lipinski definition) is 0. The first-order valence-corrected chi connectivity index (χ1v) is 4.66. The van der Waals surface area contributed by atoms with Crippen LogP contribution in [0.3, 0.4) is 0 Å². The third-order valence-corrected chi connectivity index (χ3v) is 1.95. The second-order valence-corrected chi connectivity index (χ2v) is 3.11. The van der Waals surface area contributed by atoms with E-state index in [0.29, 0.717) is 0 Å². The predicted octanol–water partition coefficient (Wildman–Crippen LogP) is 2.52. The van der Waals surface area contributed by atoms with Crippen molar-refractivity contribution in [1.29, 1.82) is 5.26 Å². The van der Waals surface area contributed by atoms with Crippen molar-refractivity contribution in [3.05, 3.63) is 17.5 Å². The summed E-state index contributed by atoms with van der Waals surface area (Å²) in [6.45, 7) is -1.19. The van der Waals surface area contributed by atoms with Gasteiger partial charge in [-0.3, -0.25) is 4.98 Å². The third kappa shape index (κ3) is 3.23. The predicted molar refractivity (Wildman–Crippen MR) is 51.6 cm³/mol. The Labute approximate surface area is 99.8 Å². The van der Waals surface area contributed by atoms with Crippen molar-refractivity contribution in [2.75, 3.05) is 7.11 Å². The Hall–Kier alpha value is -2.04. The molecule has 0 aliphatic heterocycles. The molecule has 18 heavy (non-hydrogen) atoms. The first kappa shape index (κ1) is 14.0. The van der Waals surface area contributed by atoms with E-state index in [4.69, 9.17) is 10.00 Å². The maximum absolute atomic E-state index is 12.6. The number of pyridine rings is 1. The summed E-state index contributed by atoms with van der Waals surface area (Å²) >= 11 is 0. The largest absolute Gasteiger partial charge is 0.573 e. The molecule has 0 N–H and O–H groups in total. The Morgan fingerprint density at radius 1 is 1.39 bits per heavy atom. The number of hydrogen-bond acceptors (Lipinski definition) is 4. The molecule has 98 valence electrons. The van der Waals surface area contributed by atoms with Crippen LogP contribution in [-0.2, 0) is 13.1 Å². The van der Waals surface area contributed by atoms with Gasteiger partial charge in [0.1, 0.15) is 12.4 Å². The van der Waals surface area contributed by atoms with Gasteiger partial charge in [-0.2, -0.15) is 5.26 Å². The molecule has 0 saturated heterocycles. The van der Waals surface area contributed by atoms with Gasteiger partial charge in [-0.15, -0.1) is 13.2 Å². The molecule has 0 amide bonds. The number of rotatable bonds is 4. The van der Waals surface area contributed by atoms with Crippen LogP contribution in [0, 0.1) is 11.3 Å². The molecule has 0 unspecified atom stereocenters. The fraction of sp³-hybridized carbons (Fsp3) is 0.400. The number of ether oxygens (including phenoxy) is 2. The summed E-state index contributed by atoms with van der Waals surface area (Å²) in [5.74, 6) is -1.18. The molecule has 4 nitrogen and oxygen atoms in total. The summed E-state index contributed by atoms with van der Waals surface area (Å²) in [5, 5.41) is 8.51. The van der Waals surface area contributed by atoms with Crippen molar-refractivity contribution < 1.29 is 27.0 Å². The molecule has 0 radical (unpaired) electrons. The lowest BCUT2D eigenvalue weighted by Crippen LogP contribution is -2.19. The van der Waals surface area contributed by atoms with E-state index < -0.39 is 24.3 Å². The molecule has 0 atom stereocenters.